The van der Waals surface area contributed by atoms with E-state index in [-0.39, 0.29) is 12.2 Å². The molecule has 0 fully saturated rings. The number of nitrogens with one attached hydrogen (secondary N) is 1. The summed E-state index contributed by atoms with van der Waals surface area (Å²) in [5, 5.41) is 23.0. The van der Waals surface area contributed by atoms with E-state index in [0.29, 0.717) is 11.3 Å². The number of carbonyl (C=O) groups is 1. The van der Waals surface area contributed by atoms with Crippen LogP contribution in [0.15, 0.2) is 77.5 Å². The molecule has 0 bridgehead atoms. The number of hydrogen-bond acceptors (Lipinski definition) is 6. The third-order valence-corrected chi connectivity index (χ3v) is 5.05. The van der Waals surface area contributed by atoms with Crippen molar-refractivity contribution in [2.75, 3.05) is 7.11 Å². The number of carbonyl (C=O) groups excluding carboxylic acids is 1. The van der Waals surface area contributed by atoms with Crippen LogP contribution in [0.2, 0.25) is 0 Å². The fourth-order valence-corrected chi connectivity index (χ4v) is 3.36. The second-order valence-electron chi connectivity index (χ2n) is 7.14. The number of aromatic nitrogens is 1. The molecule has 0 spiro atoms. The maximum absolute atomic E-state index is 12.6. The van der Waals surface area contributed by atoms with Crippen molar-refractivity contribution in [2.24, 2.45) is 0 Å². The van der Waals surface area contributed by atoms with Crippen LogP contribution in [0.3, 0.4) is 0 Å². The lowest BCUT2D eigenvalue weighted by Crippen LogP contribution is -2.44. The van der Waals surface area contributed by atoms with Gasteiger partial charge >= 0.3 is 0 Å². The molecule has 2 aromatic carbocycles. The predicted molar refractivity (Wildman–Crippen MR) is 116 cm³/mol. The molecule has 0 radical (unpaired) electrons. The number of benzene rings is 2. The summed E-state index contributed by atoms with van der Waals surface area (Å²) in [5.74, 6) is 0.211. The highest BCUT2D eigenvalue weighted by molar-refractivity contribution is 5.96. The fourth-order valence-electron chi connectivity index (χ4n) is 3.36. The van der Waals surface area contributed by atoms with Crippen molar-refractivity contribution in [1.82, 2.24) is 10.3 Å². The Morgan fingerprint density at radius 2 is 1.74 bits per heavy atom. The number of aliphatic hydroxyl groups is 2. The lowest BCUT2D eigenvalue weighted by atomic mass is 10.0. The predicted octanol–water partition coefficient (Wildman–Crippen LogP) is 3.16. The van der Waals surface area contributed by atoms with Gasteiger partial charge in [0.05, 0.1) is 13.2 Å². The maximum Gasteiger partial charge on any atom is 0.287 e. The number of methoxy groups -OCH3 is 1. The average molecular weight is 418 g/mol. The van der Waals surface area contributed by atoms with Crippen molar-refractivity contribution >= 4 is 16.9 Å². The van der Waals surface area contributed by atoms with E-state index in [1.54, 1.807) is 43.8 Å². The van der Waals surface area contributed by atoms with Gasteiger partial charge in [-0.2, -0.15) is 0 Å². The van der Waals surface area contributed by atoms with Gasteiger partial charge in [-0.1, -0.05) is 24.3 Å². The first-order valence-corrected chi connectivity index (χ1v) is 9.77. The normalized spacial score (nSPS) is 12.1. The minimum atomic E-state index is -1.73. The van der Waals surface area contributed by atoms with Crippen molar-refractivity contribution in [3.63, 3.8) is 0 Å². The zero-order valence-corrected chi connectivity index (χ0v) is 16.9. The van der Waals surface area contributed by atoms with Crippen LogP contribution < -0.4 is 10.1 Å². The smallest absolute Gasteiger partial charge is 0.287 e. The molecule has 0 saturated carbocycles. The third-order valence-electron chi connectivity index (χ3n) is 5.05. The molecule has 158 valence electrons. The van der Waals surface area contributed by atoms with Crippen molar-refractivity contribution in [3.8, 4) is 16.9 Å². The summed E-state index contributed by atoms with van der Waals surface area (Å²) in [5.41, 5.74) is 3.45. The SMILES string of the molecule is COc1ccc2oc(C(=O)NC(Cc3ccc(-c4ccncc4)cc3)C(O)O)cc2c1. The van der Waals surface area contributed by atoms with Gasteiger partial charge in [-0.15, -0.1) is 0 Å². The minimum absolute atomic E-state index is 0.0851. The Labute approximate surface area is 178 Å². The van der Waals surface area contributed by atoms with Crippen molar-refractivity contribution in [2.45, 2.75) is 18.8 Å². The summed E-state index contributed by atoms with van der Waals surface area (Å²) in [6, 6.07) is 17.4. The number of amides is 1. The Bertz CT molecular complexity index is 1170. The topological polar surface area (TPSA) is 105 Å². The largest absolute Gasteiger partial charge is 0.497 e. The average Bonchev–Trinajstić information content (AvgIpc) is 3.23. The monoisotopic (exact) mass is 418 g/mol. The summed E-state index contributed by atoms with van der Waals surface area (Å²) in [6.45, 7) is 0. The summed E-state index contributed by atoms with van der Waals surface area (Å²) >= 11 is 0. The van der Waals surface area contributed by atoms with Gasteiger partial charge in [0, 0.05) is 17.8 Å². The van der Waals surface area contributed by atoms with Crippen LogP contribution in [0, 0.1) is 0 Å². The lowest BCUT2D eigenvalue weighted by molar-refractivity contribution is -0.0648. The van der Waals surface area contributed by atoms with E-state index in [0.717, 1.165) is 22.1 Å². The van der Waals surface area contributed by atoms with E-state index in [9.17, 15) is 15.0 Å². The highest BCUT2D eigenvalue weighted by Crippen LogP contribution is 2.24. The van der Waals surface area contributed by atoms with E-state index in [2.05, 4.69) is 10.3 Å². The molecule has 0 aliphatic heterocycles. The van der Waals surface area contributed by atoms with Crippen molar-refractivity contribution in [3.05, 3.63) is 84.4 Å². The van der Waals surface area contributed by atoms with E-state index < -0.39 is 18.2 Å². The first-order valence-electron chi connectivity index (χ1n) is 9.77. The summed E-state index contributed by atoms with van der Waals surface area (Å²) < 4.78 is 10.8. The molecule has 4 rings (SSSR count). The Balaban J connectivity index is 1.47. The standard InChI is InChI=1S/C24H22N2O5/c1-30-19-6-7-21-18(13-19)14-22(31-21)23(27)26-20(24(28)29)12-15-2-4-16(5-3-15)17-8-10-25-11-9-17/h2-11,13-14,20,24,28-29H,12H2,1H3,(H,26,27). The zero-order valence-electron chi connectivity index (χ0n) is 16.9. The van der Waals surface area contributed by atoms with Gasteiger partial charge in [0.2, 0.25) is 0 Å². The molecular formula is C24H22N2O5. The number of nitrogens with zero attached hydrogens (tertiary/aromatic N) is 1. The molecule has 31 heavy (non-hydrogen) atoms. The lowest BCUT2D eigenvalue weighted by Gasteiger charge is -2.20. The number of aliphatic hydroxyl groups excluding tert-OH is 1. The van der Waals surface area contributed by atoms with Gasteiger partial charge in [-0.25, -0.2) is 0 Å². The highest BCUT2D eigenvalue weighted by Gasteiger charge is 2.22. The van der Waals surface area contributed by atoms with Crippen LogP contribution in [0.25, 0.3) is 22.1 Å². The number of rotatable bonds is 7. The molecule has 0 aliphatic rings. The molecule has 7 heteroatoms. The molecule has 1 unspecified atom stereocenters. The van der Waals surface area contributed by atoms with E-state index >= 15 is 0 Å². The number of hydrogen-bond donors (Lipinski definition) is 3. The molecule has 7 nitrogen and oxygen atoms in total. The Morgan fingerprint density at radius 3 is 2.42 bits per heavy atom. The Kier molecular flexibility index (Phi) is 5.97. The Hall–Kier alpha value is -3.68. The summed E-state index contributed by atoms with van der Waals surface area (Å²) in [6.07, 6.45) is 1.97. The van der Waals surface area contributed by atoms with Gasteiger partial charge in [-0.3, -0.25) is 9.78 Å². The third kappa shape index (κ3) is 4.74. The van der Waals surface area contributed by atoms with Gasteiger partial charge in [0.1, 0.15) is 11.3 Å². The van der Waals surface area contributed by atoms with Crippen LogP contribution >= 0.6 is 0 Å². The summed E-state index contributed by atoms with van der Waals surface area (Å²) in [7, 11) is 1.56. The number of furan rings is 1. The van der Waals surface area contributed by atoms with E-state index in [4.69, 9.17) is 9.15 Å². The van der Waals surface area contributed by atoms with Crippen LogP contribution in [0.5, 0.6) is 5.75 Å². The second-order valence-corrected chi connectivity index (χ2v) is 7.14. The molecular weight excluding hydrogens is 396 g/mol. The maximum atomic E-state index is 12.6. The molecule has 1 atom stereocenters. The van der Waals surface area contributed by atoms with Crippen molar-refractivity contribution < 1.29 is 24.2 Å². The Morgan fingerprint density at radius 1 is 1.03 bits per heavy atom. The van der Waals surface area contributed by atoms with Crippen LogP contribution in [0.4, 0.5) is 0 Å². The van der Waals surface area contributed by atoms with Crippen LogP contribution in [-0.2, 0) is 6.42 Å². The zero-order chi connectivity index (χ0) is 21.8. The van der Waals surface area contributed by atoms with Gasteiger partial charge in [-0.05, 0) is 59.5 Å². The number of pyridine rings is 1. The van der Waals surface area contributed by atoms with Crippen molar-refractivity contribution in [1.29, 1.82) is 0 Å². The highest BCUT2D eigenvalue weighted by atomic mass is 16.5. The molecule has 2 aromatic heterocycles. The molecule has 3 N–H and O–H groups in total. The molecule has 0 saturated heterocycles. The molecule has 1 amide bonds. The first kappa shape index (κ1) is 20.6. The second kappa shape index (κ2) is 8.99. The number of fused-ring (bicyclic) bond motifs is 1. The quantitative estimate of drug-likeness (QED) is 0.398. The minimum Gasteiger partial charge on any atom is -0.497 e. The first-order chi connectivity index (χ1) is 15.0. The van der Waals surface area contributed by atoms with Gasteiger partial charge in [0.15, 0.2) is 12.1 Å². The van der Waals surface area contributed by atoms with Gasteiger partial charge < -0.3 is 24.7 Å². The fraction of sp³-hybridized carbons (Fsp3) is 0.167. The molecule has 0 aliphatic carbocycles. The molecule has 4 aromatic rings. The van der Waals surface area contributed by atoms with E-state index in [1.807, 2.05) is 36.4 Å². The van der Waals surface area contributed by atoms with Gasteiger partial charge in [0.25, 0.3) is 5.91 Å². The number of ether oxygens (including phenoxy) is 1. The van der Waals surface area contributed by atoms with Crippen LogP contribution in [0.1, 0.15) is 16.1 Å². The van der Waals surface area contributed by atoms with Crippen LogP contribution in [-0.4, -0.2) is 40.5 Å². The van der Waals surface area contributed by atoms with E-state index in [1.165, 1.54) is 0 Å². The molecule has 2 heterocycles. The summed E-state index contributed by atoms with van der Waals surface area (Å²) in [4.78, 5) is 16.7.